The standard InChI is InChI=1S/C24H30Cl2N2O3/c1-6-9-27-24(30)18(5)28(13-19-7-8-20(25)21(26)12-19)23(29)14-31-22-11-15(2)10-16(3)17(22)4/h7-8,10-12,18H,6,9,13-14H2,1-5H3,(H,27,30)/t18-/m1/s1. The molecular weight excluding hydrogens is 435 g/mol. The van der Waals surface area contributed by atoms with Crippen LogP contribution in [0.15, 0.2) is 30.3 Å². The van der Waals surface area contributed by atoms with Crippen LogP contribution in [-0.2, 0) is 16.1 Å². The van der Waals surface area contributed by atoms with E-state index in [2.05, 4.69) is 11.4 Å². The molecule has 7 heteroatoms. The van der Waals surface area contributed by atoms with Crippen molar-refractivity contribution in [1.82, 2.24) is 10.2 Å². The zero-order valence-corrected chi connectivity index (χ0v) is 20.2. The number of nitrogens with one attached hydrogen (secondary N) is 1. The summed E-state index contributed by atoms with van der Waals surface area (Å²) in [7, 11) is 0. The lowest BCUT2D eigenvalue weighted by atomic mass is 10.1. The van der Waals surface area contributed by atoms with Crippen LogP contribution in [0.2, 0.25) is 10.0 Å². The third-order valence-corrected chi connectivity index (χ3v) is 5.91. The summed E-state index contributed by atoms with van der Waals surface area (Å²) in [4.78, 5) is 27.2. The maximum atomic E-state index is 13.1. The van der Waals surface area contributed by atoms with Crippen LogP contribution in [0, 0.1) is 20.8 Å². The highest BCUT2D eigenvalue weighted by Crippen LogP contribution is 2.25. The quantitative estimate of drug-likeness (QED) is 0.551. The van der Waals surface area contributed by atoms with Gasteiger partial charge in [0.25, 0.3) is 5.91 Å². The Hall–Kier alpha value is -2.24. The van der Waals surface area contributed by atoms with E-state index in [1.165, 1.54) is 4.90 Å². The highest BCUT2D eigenvalue weighted by Gasteiger charge is 2.26. The van der Waals surface area contributed by atoms with Crippen molar-refractivity contribution in [3.05, 3.63) is 62.6 Å². The van der Waals surface area contributed by atoms with Crippen LogP contribution < -0.4 is 10.1 Å². The molecule has 0 aliphatic carbocycles. The van der Waals surface area contributed by atoms with Gasteiger partial charge in [-0.2, -0.15) is 0 Å². The molecule has 0 spiro atoms. The predicted molar refractivity (Wildman–Crippen MR) is 126 cm³/mol. The molecule has 2 rings (SSSR count). The topological polar surface area (TPSA) is 58.6 Å². The zero-order chi connectivity index (χ0) is 23.1. The van der Waals surface area contributed by atoms with Crippen LogP contribution in [0.3, 0.4) is 0 Å². The molecule has 2 aromatic carbocycles. The highest BCUT2D eigenvalue weighted by molar-refractivity contribution is 6.42. The number of benzene rings is 2. The fraction of sp³-hybridized carbons (Fsp3) is 0.417. The van der Waals surface area contributed by atoms with Crippen LogP contribution in [0.25, 0.3) is 0 Å². The summed E-state index contributed by atoms with van der Waals surface area (Å²) in [6.07, 6.45) is 0.814. The van der Waals surface area contributed by atoms with E-state index in [4.69, 9.17) is 27.9 Å². The van der Waals surface area contributed by atoms with E-state index in [0.717, 1.165) is 28.7 Å². The molecule has 0 radical (unpaired) electrons. The molecule has 2 amide bonds. The van der Waals surface area contributed by atoms with Crippen LogP contribution in [0.5, 0.6) is 5.75 Å². The lowest BCUT2D eigenvalue weighted by Gasteiger charge is -2.29. The van der Waals surface area contributed by atoms with Gasteiger partial charge in [0.15, 0.2) is 6.61 Å². The van der Waals surface area contributed by atoms with Crippen molar-refractivity contribution < 1.29 is 14.3 Å². The van der Waals surface area contributed by atoms with Crippen LogP contribution in [-0.4, -0.2) is 35.9 Å². The molecule has 31 heavy (non-hydrogen) atoms. The van der Waals surface area contributed by atoms with E-state index in [0.29, 0.717) is 22.3 Å². The summed E-state index contributed by atoms with van der Waals surface area (Å²) in [5, 5.41) is 3.69. The van der Waals surface area contributed by atoms with Gasteiger partial charge in [0.05, 0.1) is 10.0 Å². The van der Waals surface area contributed by atoms with Gasteiger partial charge >= 0.3 is 0 Å². The van der Waals surface area contributed by atoms with E-state index in [1.54, 1.807) is 25.1 Å². The minimum atomic E-state index is -0.669. The Morgan fingerprint density at radius 2 is 1.81 bits per heavy atom. The fourth-order valence-corrected chi connectivity index (χ4v) is 3.51. The van der Waals surface area contributed by atoms with Gasteiger partial charge in [-0.15, -0.1) is 0 Å². The molecule has 0 aliphatic heterocycles. The molecule has 0 bridgehead atoms. The molecule has 0 fully saturated rings. The minimum Gasteiger partial charge on any atom is -0.483 e. The Balaban J connectivity index is 2.22. The van der Waals surface area contributed by atoms with E-state index in [-0.39, 0.29) is 25.0 Å². The number of hydrogen-bond donors (Lipinski definition) is 1. The normalized spacial score (nSPS) is 11.7. The monoisotopic (exact) mass is 464 g/mol. The Labute approximate surface area is 194 Å². The van der Waals surface area contributed by atoms with Crippen molar-refractivity contribution in [3.63, 3.8) is 0 Å². The summed E-state index contributed by atoms with van der Waals surface area (Å²) >= 11 is 12.1. The molecule has 0 aliphatic rings. The fourth-order valence-electron chi connectivity index (χ4n) is 3.19. The number of amides is 2. The van der Waals surface area contributed by atoms with Crippen LogP contribution in [0.4, 0.5) is 0 Å². The smallest absolute Gasteiger partial charge is 0.261 e. The van der Waals surface area contributed by atoms with Gasteiger partial charge < -0.3 is 15.0 Å². The highest BCUT2D eigenvalue weighted by atomic mass is 35.5. The first-order valence-corrected chi connectivity index (χ1v) is 11.1. The molecule has 0 aromatic heterocycles. The van der Waals surface area contributed by atoms with E-state index < -0.39 is 6.04 Å². The average Bonchev–Trinajstić information content (AvgIpc) is 2.73. The summed E-state index contributed by atoms with van der Waals surface area (Å²) in [6.45, 7) is 10.2. The number of halogens is 2. The number of rotatable bonds is 9. The molecular formula is C24H30Cl2N2O3. The largest absolute Gasteiger partial charge is 0.483 e. The molecule has 5 nitrogen and oxygen atoms in total. The van der Waals surface area contributed by atoms with Crippen molar-refractivity contribution in [3.8, 4) is 5.75 Å². The molecule has 0 saturated carbocycles. The molecule has 0 unspecified atom stereocenters. The van der Waals surface area contributed by atoms with Gasteiger partial charge in [-0.3, -0.25) is 9.59 Å². The predicted octanol–water partition coefficient (Wildman–Crippen LogP) is 5.24. The summed E-state index contributed by atoms with van der Waals surface area (Å²) in [5.74, 6) is 0.171. The molecule has 168 valence electrons. The van der Waals surface area contributed by atoms with E-state index in [9.17, 15) is 9.59 Å². The summed E-state index contributed by atoms with van der Waals surface area (Å²) in [6, 6.07) is 8.49. The number of aryl methyl sites for hydroxylation is 2. The maximum Gasteiger partial charge on any atom is 0.261 e. The first kappa shape index (κ1) is 25.0. The third kappa shape index (κ3) is 6.88. The van der Waals surface area contributed by atoms with E-state index in [1.807, 2.05) is 33.8 Å². The molecule has 2 aromatic rings. The second-order valence-electron chi connectivity index (χ2n) is 7.73. The number of ether oxygens (including phenoxy) is 1. The summed E-state index contributed by atoms with van der Waals surface area (Å²) in [5.41, 5.74) is 3.93. The molecule has 1 N–H and O–H groups in total. The Morgan fingerprint density at radius 3 is 2.45 bits per heavy atom. The number of nitrogens with zero attached hydrogens (tertiary/aromatic N) is 1. The molecule has 0 heterocycles. The SMILES string of the molecule is CCCNC(=O)[C@@H](C)N(Cc1ccc(Cl)c(Cl)c1)C(=O)COc1cc(C)cc(C)c1C. The average molecular weight is 465 g/mol. The Bertz CT molecular complexity index is 947. The number of carbonyl (C=O) groups is 2. The lowest BCUT2D eigenvalue weighted by Crippen LogP contribution is -2.49. The summed E-state index contributed by atoms with van der Waals surface area (Å²) < 4.78 is 5.86. The first-order chi connectivity index (χ1) is 14.6. The van der Waals surface area contributed by atoms with Gasteiger partial charge in [0, 0.05) is 13.1 Å². The Kier molecular flexibility index (Phi) is 9.20. The zero-order valence-electron chi connectivity index (χ0n) is 18.7. The van der Waals surface area contributed by atoms with Gasteiger partial charge in [-0.1, -0.05) is 42.3 Å². The van der Waals surface area contributed by atoms with Crippen molar-refractivity contribution in [2.45, 2.75) is 53.6 Å². The second kappa shape index (κ2) is 11.4. The van der Waals surface area contributed by atoms with E-state index >= 15 is 0 Å². The minimum absolute atomic E-state index is 0.170. The van der Waals surface area contributed by atoms with Crippen molar-refractivity contribution >= 4 is 35.0 Å². The van der Waals surface area contributed by atoms with Gasteiger partial charge in [-0.05, 0) is 74.6 Å². The Morgan fingerprint density at radius 1 is 1.10 bits per heavy atom. The second-order valence-corrected chi connectivity index (χ2v) is 8.55. The van der Waals surface area contributed by atoms with Gasteiger partial charge in [-0.25, -0.2) is 0 Å². The van der Waals surface area contributed by atoms with Gasteiger partial charge in [0.1, 0.15) is 11.8 Å². The van der Waals surface area contributed by atoms with Crippen molar-refractivity contribution in [2.24, 2.45) is 0 Å². The number of carbonyl (C=O) groups excluding carboxylic acids is 2. The maximum absolute atomic E-state index is 13.1. The lowest BCUT2D eigenvalue weighted by molar-refractivity contribution is -0.142. The van der Waals surface area contributed by atoms with Crippen LogP contribution in [0.1, 0.15) is 42.5 Å². The van der Waals surface area contributed by atoms with Crippen molar-refractivity contribution in [1.29, 1.82) is 0 Å². The molecule has 0 saturated heterocycles. The number of hydrogen-bond acceptors (Lipinski definition) is 3. The van der Waals surface area contributed by atoms with Crippen molar-refractivity contribution in [2.75, 3.05) is 13.2 Å². The van der Waals surface area contributed by atoms with Gasteiger partial charge in [0.2, 0.25) is 5.91 Å². The molecule has 1 atom stereocenters. The van der Waals surface area contributed by atoms with Crippen LogP contribution >= 0.6 is 23.2 Å². The third-order valence-electron chi connectivity index (χ3n) is 5.17. The first-order valence-electron chi connectivity index (χ1n) is 10.4.